The smallest absolute Gasteiger partial charge is 0.235 e. The zero-order valence-electron chi connectivity index (χ0n) is 18.9. The van der Waals surface area contributed by atoms with Crippen molar-refractivity contribution < 1.29 is 9.53 Å². The van der Waals surface area contributed by atoms with Crippen LogP contribution in [-0.2, 0) is 11.3 Å². The normalized spacial score (nSPS) is 11.7. The predicted molar refractivity (Wildman–Crippen MR) is 132 cm³/mol. The molecular formula is C26H26N4O2S. The average Bonchev–Trinajstić information content (AvgIpc) is 3.28. The van der Waals surface area contributed by atoms with E-state index in [0.717, 1.165) is 28.4 Å². The number of ether oxygens (including phenoxy) is 1. The van der Waals surface area contributed by atoms with Crippen LogP contribution in [0.2, 0.25) is 0 Å². The molecule has 6 nitrogen and oxygen atoms in total. The largest absolute Gasteiger partial charge is 0.497 e. The fourth-order valence-corrected chi connectivity index (χ4v) is 4.52. The van der Waals surface area contributed by atoms with Crippen LogP contribution in [0.3, 0.4) is 0 Å². The molecule has 168 valence electrons. The number of hydrogen-bond acceptors (Lipinski definition) is 5. The number of amides is 1. The number of carbonyl (C=O) groups excluding carboxylic acids is 1. The topological polar surface area (TPSA) is 60.2 Å². The summed E-state index contributed by atoms with van der Waals surface area (Å²) in [6, 6.07) is 27.6. The summed E-state index contributed by atoms with van der Waals surface area (Å²) < 4.78 is 7.29. The summed E-state index contributed by atoms with van der Waals surface area (Å²) in [6.07, 6.45) is 0. The Kier molecular flexibility index (Phi) is 7.10. The number of rotatable bonds is 8. The monoisotopic (exact) mass is 458 g/mol. The Morgan fingerprint density at radius 3 is 2.24 bits per heavy atom. The molecule has 7 heteroatoms. The Bertz CT molecular complexity index is 1190. The molecule has 0 saturated heterocycles. The van der Waals surface area contributed by atoms with E-state index in [1.807, 2.05) is 103 Å². The van der Waals surface area contributed by atoms with Crippen LogP contribution in [0.1, 0.15) is 12.5 Å². The number of nitrogens with zero attached hydrogens (tertiary/aromatic N) is 4. The number of benzene rings is 3. The van der Waals surface area contributed by atoms with Gasteiger partial charge in [-0.15, -0.1) is 10.2 Å². The minimum Gasteiger partial charge on any atom is -0.497 e. The molecule has 1 amide bonds. The minimum atomic E-state index is -0.330. The Labute approximate surface area is 198 Å². The standard InChI is InChI=1S/C26H26N4O2S/c1-19(25(31)29(2)18-20-10-6-4-7-11-20)33-26-28-27-24(21-12-8-5-9-13-21)30(26)22-14-16-23(32-3)17-15-22/h4-17,19H,18H2,1-3H3. The second kappa shape index (κ2) is 10.4. The van der Waals surface area contributed by atoms with Gasteiger partial charge in [0.15, 0.2) is 11.0 Å². The molecule has 0 fully saturated rings. The van der Waals surface area contributed by atoms with E-state index in [4.69, 9.17) is 4.74 Å². The van der Waals surface area contributed by atoms with Crippen molar-refractivity contribution in [3.8, 4) is 22.8 Å². The average molecular weight is 459 g/mol. The van der Waals surface area contributed by atoms with Gasteiger partial charge < -0.3 is 9.64 Å². The molecule has 1 heterocycles. The van der Waals surface area contributed by atoms with Crippen molar-refractivity contribution in [2.75, 3.05) is 14.2 Å². The van der Waals surface area contributed by atoms with E-state index < -0.39 is 0 Å². The third-order valence-electron chi connectivity index (χ3n) is 5.26. The first kappa shape index (κ1) is 22.6. The van der Waals surface area contributed by atoms with Crippen LogP contribution in [0.25, 0.3) is 17.1 Å². The first-order valence-corrected chi connectivity index (χ1v) is 11.6. The molecule has 0 saturated carbocycles. The number of methoxy groups -OCH3 is 1. The van der Waals surface area contributed by atoms with E-state index in [-0.39, 0.29) is 11.2 Å². The van der Waals surface area contributed by atoms with Crippen molar-refractivity contribution in [1.82, 2.24) is 19.7 Å². The van der Waals surface area contributed by atoms with Crippen LogP contribution in [0.5, 0.6) is 5.75 Å². The zero-order chi connectivity index (χ0) is 23.2. The maximum Gasteiger partial charge on any atom is 0.235 e. The van der Waals surface area contributed by atoms with Crippen LogP contribution in [0, 0.1) is 0 Å². The van der Waals surface area contributed by atoms with E-state index >= 15 is 0 Å². The molecule has 1 unspecified atom stereocenters. The molecule has 0 aliphatic rings. The van der Waals surface area contributed by atoms with Gasteiger partial charge in [-0.2, -0.15) is 0 Å². The van der Waals surface area contributed by atoms with E-state index in [9.17, 15) is 4.79 Å². The van der Waals surface area contributed by atoms with E-state index in [1.54, 1.807) is 12.0 Å². The van der Waals surface area contributed by atoms with Crippen LogP contribution in [0.4, 0.5) is 0 Å². The van der Waals surface area contributed by atoms with Crippen LogP contribution in [0.15, 0.2) is 90.1 Å². The summed E-state index contributed by atoms with van der Waals surface area (Å²) in [6.45, 7) is 2.47. The Hall–Kier alpha value is -3.58. The molecular weight excluding hydrogens is 432 g/mol. The highest BCUT2D eigenvalue weighted by Crippen LogP contribution is 2.31. The van der Waals surface area contributed by atoms with Gasteiger partial charge in [-0.05, 0) is 36.8 Å². The zero-order valence-corrected chi connectivity index (χ0v) is 19.7. The lowest BCUT2D eigenvalue weighted by Crippen LogP contribution is -2.32. The van der Waals surface area contributed by atoms with Gasteiger partial charge >= 0.3 is 0 Å². The van der Waals surface area contributed by atoms with Gasteiger partial charge in [0.1, 0.15) is 5.75 Å². The maximum absolute atomic E-state index is 13.1. The molecule has 1 atom stereocenters. The minimum absolute atomic E-state index is 0.0365. The molecule has 33 heavy (non-hydrogen) atoms. The Morgan fingerprint density at radius 1 is 0.970 bits per heavy atom. The van der Waals surface area contributed by atoms with Crippen molar-refractivity contribution in [2.45, 2.75) is 23.9 Å². The summed E-state index contributed by atoms with van der Waals surface area (Å²) in [5, 5.41) is 9.25. The molecule has 4 aromatic rings. The van der Waals surface area contributed by atoms with Crippen molar-refractivity contribution >= 4 is 17.7 Å². The van der Waals surface area contributed by atoms with Gasteiger partial charge in [0.05, 0.1) is 12.4 Å². The highest BCUT2D eigenvalue weighted by Gasteiger charge is 2.24. The van der Waals surface area contributed by atoms with E-state index in [2.05, 4.69) is 10.2 Å². The first-order valence-electron chi connectivity index (χ1n) is 10.7. The molecule has 0 spiro atoms. The lowest BCUT2D eigenvalue weighted by molar-refractivity contribution is -0.129. The lowest BCUT2D eigenvalue weighted by Gasteiger charge is -2.21. The number of carbonyl (C=O) groups is 1. The van der Waals surface area contributed by atoms with E-state index in [1.165, 1.54) is 11.8 Å². The number of hydrogen-bond donors (Lipinski definition) is 0. The van der Waals surface area contributed by atoms with Crippen molar-refractivity contribution in [3.05, 3.63) is 90.5 Å². The summed E-state index contributed by atoms with van der Waals surface area (Å²) in [4.78, 5) is 14.8. The molecule has 0 radical (unpaired) electrons. The summed E-state index contributed by atoms with van der Waals surface area (Å²) in [5.41, 5.74) is 2.95. The van der Waals surface area contributed by atoms with Crippen LogP contribution < -0.4 is 4.74 Å². The Morgan fingerprint density at radius 2 is 1.61 bits per heavy atom. The maximum atomic E-state index is 13.1. The third kappa shape index (κ3) is 5.26. The highest BCUT2D eigenvalue weighted by molar-refractivity contribution is 8.00. The van der Waals surface area contributed by atoms with Crippen molar-refractivity contribution in [3.63, 3.8) is 0 Å². The SMILES string of the molecule is COc1ccc(-n2c(SC(C)C(=O)N(C)Cc3ccccc3)nnc2-c2ccccc2)cc1. The third-order valence-corrected chi connectivity index (χ3v) is 6.29. The quantitative estimate of drug-likeness (QED) is 0.345. The highest BCUT2D eigenvalue weighted by atomic mass is 32.2. The molecule has 0 aliphatic heterocycles. The van der Waals surface area contributed by atoms with Gasteiger partial charge in [0, 0.05) is 24.8 Å². The van der Waals surface area contributed by atoms with Gasteiger partial charge in [-0.1, -0.05) is 72.4 Å². The van der Waals surface area contributed by atoms with Gasteiger partial charge in [0.25, 0.3) is 0 Å². The second-order valence-electron chi connectivity index (χ2n) is 7.65. The first-order chi connectivity index (χ1) is 16.1. The van der Waals surface area contributed by atoms with Gasteiger partial charge in [0.2, 0.25) is 5.91 Å². The molecule has 4 rings (SSSR count). The molecule has 0 bridgehead atoms. The van der Waals surface area contributed by atoms with Crippen molar-refractivity contribution in [1.29, 1.82) is 0 Å². The predicted octanol–water partition coefficient (Wildman–Crippen LogP) is 5.08. The summed E-state index contributed by atoms with van der Waals surface area (Å²) >= 11 is 1.40. The molecule has 1 aromatic heterocycles. The van der Waals surface area contributed by atoms with E-state index in [0.29, 0.717) is 11.7 Å². The van der Waals surface area contributed by atoms with Crippen LogP contribution in [-0.4, -0.2) is 45.0 Å². The molecule has 0 aliphatic carbocycles. The Balaban J connectivity index is 1.61. The fraction of sp³-hybridized carbons (Fsp3) is 0.192. The van der Waals surface area contributed by atoms with Gasteiger partial charge in [-0.3, -0.25) is 9.36 Å². The number of aromatic nitrogens is 3. The summed E-state index contributed by atoms with van der Waals surface area (Å²) in [5.74, 6) is 1.53. The molecule has 3 aromatic carbocycles. The van der Waals surface area contributed by atoms with Gasteiger partial charge in [-0.25, -0.2) is 0 Å². The summed E-state index contributed by atoms with van der Waals surface area (Å²) in [7, 11) is 3.47. The molecule has 0 N–H and O–H groups in total. The van der Waals surface area contributed by atoms with Crippen molar-refractivity contribution in [2.24, 2.45) is 0 Å². The van der Waals surface area contributed by atoms with Crippen LogP contribution >= 0.6 is 11.8 Å². The second-order valence-corrected chi connectivity index (χ2v) is 8.95. The lowest BCUT2D eigenvalue weighted by atomic mass is 10.2. The fourth-order valence-electron chi connectivity index (χ4n) is 3.54. The number of thioether (sulfide) groups is 1.